The minimum atomic E-state index is -0.468. The van der Waals surface area contributed by atoms with Crippen LogP contribution in [0.25, 0.3) is 22.1 Å². The first kappa shape index (κ1) is 16.5. The highest BCUT2D eigenvalue weighted by atomic mass is 16.5. The Balaban J connectivity index is 2.29. The molecule has 7 nitrogen and oxygen atoms in total. The molecule has 1 aromatic heterocycles. The number of phenolic OH excluding ortho intramolecular Hbond substituents is 2. The van der Waals surface area contributed by atoms with Crippen molar-refractivity contribution in [2.45, 2.75) is 0 Å². The van der Waals surface area contributed by atoms with E-state index in [1.54, 1.807) is 6.07 Å². The van der Waals surface area contributed by atoms with Crippen LogP contribution in [0.1, 0.15) is 0 Å². The lowest BCUT2D eigenvalue weighted by Crippen LogP contribution is -2.06. The van der Waals surface area contributed by atoms with E-state index in [0.717, 1.165) is 0 Å². The summed E-state index contributed by atoms with van der Waals surface area (Å²) >= 11 is 0. The van der Waals surface area contributed by atoms with Gasteiger partial charge in [-0.2, -0.15) is 0 Å². The summed E-state index contributed by atoms with van der Waals surface area (Å²) in [6.45, 7) is 0. The number of aromatic hydroxyl groups is 2. The lowest BCUT2D eigenvalue weighted by atomic mass is 10.0. The van der Waals surface area contributed by atoms with Crippen LogP contribution in [0.3, 0.4) is 0 Å². The highest BCUT2D eigenvalue weighted by molar-refractivity contribution is 5.91. The molecule has 0 spiro atoms. The molecule has 0 radical (unpaired) electrons. The average Bonchev–Trinajstić information content (AvgIpc) is 2.61. The van der Waals surface area contributed by atoms with Crippen LogP contribution in [0.15, 0.2) is 39.7 Å². The summed E-state index contributed by atoms with van der Waals surface area (Å²) in [7, 11) is 4.20. The Morgan fingerprint density at radius 2 is 1.68 bits per heavy atom. The molecule has 0 saturated heterocycles. The lowest BCUT2D eigenvalue weighted by Gasteiger charge is -2.12. The van der Waals surface area contributed by atoms with Gasteiger partial charge >= 0.3 is 0 Å². The molecule has 25 heavy (non-hydrogen) atoms. The van der Waals surface area contributed by atoms with E-state index >= 15 is 0 Å². The second-order valence-electron chi connectivity index (χ2n) is 5.20. The molecule has 0 saturated carbocycles. The van der Waals surface area contributed by atoms with Crippen LogP contribution >= 0.6 is 0 Å². The maximum atomic E-state index is 12.9. The topological polar surface area (TPSA) is 98.4 Å². The molecule has 0 bridgehead atoms. The average molecular weight is 344 g/mol. The number of methoxy groups -OCH3 is 3. The lowest BCUT2D eigenvalue weighted by molar-refractivity contribution is 0.334. The molecular formula is C18H16O7. The molecular weight excluding hydrogens is 328 g/mol. The monoisotopic (exact) mass is 344 g/mol. The Labute approximate surface area is 142 Å². The van der Waals surface area contributed by atoms with Crippen molar-refractivity contribution in [2.24, 2.45) is 0 Å². The highest BCUT2D eigenvalue weighted by Crippen LogP contribution is 2.42. The molecule has 0 unspecified atom stereocenters. The minimum Gasteiger partial charge on any atom is -0.504 e. The summed E-state index contributed by atoms with van der Waals surface area (Å²) in [4.78, 5) is 12.9. The zero-order chi connectivity index (χ0) is 18.1. The molecule has 2 aromatic carbocycles. The molecule has 0 aliphatic rings. The molecule has 7 heteroatoms. The third kappa shape index (κ3) is 2.59. The fraction of sp³-hybridized carbons (Fsp3) is 0.167. The first-order valence-corrected chi connectivity index (χ1v) is 7.28. The fourth-order valence-corrected chi connectivity index (χ4v) is 2.63. The SMILES string of the molecule is COc1ccc(-c2coc3cc(OC)c(OC)c(O)c3c2=O)cc1O. The van der Waals surface area contributed by atoms with Gasteiger partial charge in [-0.1, -0.05) is 6.07 Å². The number of fused-ring (bicyclic) bond motifs is 1. The number of ether oxygens (including phenoxy) is 3. The van der Waals surface area contributed by atoms with Crippen LogP contribution in [0, 0.1) is 0 Å². The van der Waals surface area contributed by atoms with Gasteiger partial charge in [0, 0.05) is 6.07 Å². The van der Waals surface area contributed by atoms with E-state index in [1.165, 1.54) is 45.8 Å². The third-order valence-corrected chi connectivity index (χ3v) is 3.87. The van der Waals surface area contributed by atoms with Gasteiger partial charge in [0.15, 0.2) is 23.0 Å². The van der Waals surface area contributed by atoms with Gasteiger partial charge in [-0.3, -0.25) is 4.79 Å². The van der Waals surface area contributed by atoms with Gasteiger partial charge in [0.1, 0.15) is 17.2 Å². The second kappa shape index (κ2) is 6.27. The van der Waals surface area contributed by atoms with Crippen molar-refractivity contribution < 1.29 is 28.8 Å². The van der Waals surface area contributed by atoms with E-state index in [2.05, 4.69) is 0 Å². The first-order chi connectivity index (χ1) is 12.0. The van der Waals surface area contributed by atoms with Crippen LogP contribution in [0.2, 0.25) is 0 Å². The number of phenols is 2. The van der Waals surface area contributed by atoms with Gasteiger partial charge in [-0.05, 0) is 17.7 Å². The van der Waals surface area contributed by atoms with Crippen LogP contribution < -0.4 is 19.6 Å². The van der Waals surface area contributed by atoms with Gasteiger partial charge in [0.05, 0.1) is 26.9 Å². The Morgan fingerprint density at radius 3 is 2.28 bits per heavy atom. The number of hydrogen-bond acceptors (Lipinski definition) is 7. The van der Waals surface area contributed by atoms with Gasteiger partial charge in [0.25, 0.3) is 0 Å². The van der Waals surface area contributed by atoms with Crippen LogP contribution in [-0.4, -0.2) is 31.5 Å². The van der Waals surface area contributed by atoms with Gasteiger partial charge in [0.2, 0.25) is 11.2 Å². The maximum absolute atomic E-state index is 12.9. The zero-order valence-corrected chi connectivity index (χ0v) is 13.8. The van der Waals surface area contributed by atoms with Crippen molar-refractivity contribution in [2.75, 3.05) is 21.3 Å². The van der Waals surface area contributed by atoms with E-state index in [9.17, 15) is 15.0 Å². The van der Waals surface area contributed by atoms with E-state index in [0.29, 0.717) is 5.56 Å². The van der Waals surface area contributed by atoms with Crippen molar-refractivity contribution in [1.82, 2.24) is 0 Å². The van der Waals surface area contributed by atoms with Crippen molar-refractivity contribution in [1.29, 1.82) is 0 Å². The predicted molar refractivity (Wildman–Crippen MR) is 90.9 cm³/mol. The van der Waals surface area contributed by atoms with Crippen LogP contribution in [0.5, 0.6) is 28.7 Å². The Morgan fingerprint density at radius 1 is 0.960 bits per heavy atom. The zero-order valence-electron chi connectivity index (χ0n) is 13.8. The normalized spacial score (nSPS) is 10.7. The number of benzene rings is 2. The van der Waals surface area contributed by atoms with Gasteiger partial charge in [-0.15, -0.1) is 0 Å². The standard InChI is InChI=1S/C18H16O7/c1-22-12-5-4-9(6-11(12)19)10-8-25-13-7-14(23-2)18(24-3)17(21)15(13)16(10)20/h4-8,19,21H,1-3H3. The fourth-order valence-electron chi connectivity index (χ4n) is 2.63. The number of rotatable bonds is 4. The summed E-state index contributed by atoms with van der Waals surface area (Å²) in [5.74, 6) is 0.0758. The molecule has 3 rings (SSSR count). The van der Waals surface area contributed by atoms with E-state index in [4.69, 9.17) is 18.6 Å². The third-order valence-electron chi connectivity index (χ3n) is 3.87. The molecule has 0 aliphatic carbocycles. The van der Waals surface area contributed by atoms with E-state index in [1.807, 2.05) is 0 Å². The van der Waals surface area contributed by atoms with Crippen LogP contribution in [-0.2, 0) is 0 Å². The summed E-state index contributed by atoms with van der Waals surface area (Å²) in [5.41, 5.74) is 0.280. The molecule has 3 aromatic rings. The molecule has 0 aliphatic heterocycles. The molecule has 0 fully saturated rings. The van der Waals surface area contributed by atoms with Crippen LogP contribution in [0.4, 0.5) is 0 Å². The molecule has 0 atom stereocenters. The Bertz CT molecular complexity index is 1000. The van der Waals surface area contributed by atoms with E-state index < -0.39 is 5.43 Å². The van der Waals surface area contributed by atoms with Crippen molar-refractivity contribution in [3.05, 3.63) is 40.8 Å². The summed E-state index contributed by atoms with van der Waals surface area (Å²) in [5, 5.41) is 20.3. The molecule has 0 amide bonds. The maximum Gasteiger partial charge on any atom is 0.204 e. The smallest absolute Gasteiger partial charge is 0.204 e. The summed E-state index contributed by atoms with van der Waals surface area (Å²) < 4.78 is 20.7. The largest absolute Gasteiger partial charge is 0.504 e. The van der Waals surface area contributed by atoms with Crippen molar-refractivity contribution in [3.8, 4) is 39.9 Å². The van der Waals surface area contributed by atoms with Crippen molar-refractivity contribution in [3.63, 3.8) is 0 Å². The Kier molecular flexibility index (Phi) is 4.14. The van der Waals surface area contributed by atoms with Crippen molar-refractivity contribution >= 4 is 11.0 Å². The predicted octanol–water partition coefficient (Wildman–Crippen LogP) is 2.90. The molecule has 130 valence electrons. The minimum absolute atomic E-state index is 0.0366. The van der Waals surface area contributed by atoms with Gasteiger partial charge < -0.3 is 28.8 Å². The second-order valence-corrected chi connectivity index (χ2v) is 5.20. The van der Waals surface area contributed by atoms with Gasteiger partial charge in [-0.25, -0.2) is 0 Å². The molecule has 1 heterocycles. The summed E-state index contributed by atoms with van der Waals surface area (Å²) in [6.07, 6.45) is 1.26. The quantitative estimate of drug-likeness (QED) is 0.751. The Hall–Kier alpha value is -3.35. The highest BCUT2D eigenvalue weighted by Gasteiger charge is 2.20. The number of hydrogen-bond donors (Lipinski definition) is 2. The first-order valence-electron chi connectivity index (χ1n) is 7.28. The molecule has 2 N–H and O–H groups in total. The summed E-state index contributed by atoms with van der Waals surface area (Å²) in [6, 6.07) is 5.98. The van der Waals surface area contributed by atoms with E-state index in [-0.39, 0.29) is 45.3 Å².